The largest absolute Gasteiger partial charge is 0.417 e. The minimum absolute atomic E-state index is 0.447. The molecule has 7 nitrogen and oxygen atoms in total. The number of aromatic amines is 1. The summed E-state index contributed by atoms with van der Waals surface area (Å²) in [7, 11) is 0. The molecule has 0 fully saturated rings. The van der Waals surface area contributed by atoms with Crippen molar-refractivity contribution in [2.75, 3.05) is 5.32 Å². The second-order valence-electron chi connectivity index (χ2n) is 5.85. The Labute approximate surface area is 146 Å². The first-order valence-electron chi connectivity index (χ1n) is 8.06. The number of rotatable bonds is 3. The molecule has 0 spiro atoms. The zero-order valence-corrected chi connectivity index (χ0v) is 13.5. The summed E-state index contributed by atoms with van der Waals surface area (Å²) in [6.45, 7) is 0. The topological polar surface area (TPSA) is 88.2 Å². The summed E-state index contributed by atoms with van der Waals surface area (Å²) < 4.78 is 6.93. The molecule has 0 radical (unpaired) electrons. The summed E-state index contributed by atoms with van der Waals surface area (Å²) >= 11 is 0. The van der Waals surface area contributed by atoms with Crippen LogP contribution in [0.2, 0.25) is 0 Å². The highest BCUT2D eigenvalue weighted by Crippen LogP contribution is 2.23. The molecule has 2 aromatic carbocycles. The predicted molar refractivity (Wildman–Crippen MR) is 98.5 cm³/mol. The van der Waals surface area contributed by atoms with E-state index in [0.717, 1.165) is 22.5 Å². The maximum atomic E-state index is 11.3. The Morgan fingerprint density at radius 3 is 2.81 bits per heavy atom. The Balaban J connectivity index is 1.55. The fourth-order valence-corrected chi connectivity index (χ4v) is 2.94. The van der Waals surface area contributed by atoms with Crippen molar-refractivity contribution in [2.45, 2.75) is 0 Å². The van der Waals surface area contributed by atoms with Gasteiger partial charge in [-0.15, -0.1) is 5.10 Å². The number of hydrogen-bond donors (Lipinski definition) is 2. The van der Waals surface area contributed by atoms with Crippen molar-refractivity contribution in [1.29, 1.82) is 0 Å². The number of hydrogen-bond acceptors (Lipinski definition) is 5. The summed E-state index contributed by atoms with van der Waals surface area (Å²) in [5.41, 5.74) is 4.82. The average molecular weight is 343 g/mol. The van der Waals surface area contributed by atoms with Gasteiger partial charge in [-0.05, 0) is 24.3 Å². The first-order valence-corrected chi connectivity index (χ1v) is 8.06. The number of nitrogens with one attached hydrogen (secondary N) is 2. The third kappa shape index (κ3) is 2.42. The molecule has 0 amide bonds. The number of anilines is 2. The van der Waals surface area contributed by atoms with Crippen molar-refractivity contribution in [2.24, 2.45) is 0 Å². The van der Waals surface area contributed by atoms with E-state index in [1.165, 1.54) is 0 Å². The van der Waals surface area contributed by atoms with Crippen molar-refractivity contribution < 1.29 is 4.42 Å². The lowest BCUT2D eigenvalue weighted by Crippen LogP contribution is -2.02. The van der Waals surface area contributed by atoms with E-state index in [9.17, 15) is 4.79 Å². The van der Waals surface area contributed by atoms with Crippen molar-refractivity contribution in [3.05, 3.63) is 77.4 Å². The van der Waals surface area contributed by atoms with E-state index in [0.29, 0.717) is 17.0 Å². The molecule has 3 aromatic heterocycles. The molecule has 3 heterocycles. The Bertz CT molecular complexity index is 1280. The van der Waals surface area contributed by atoms with Crippen LogP contribution in [0, 0.1) is 0 Å². The zero-order chi connectivity index (χ0) is 17.5. The van der Waals surface area contributed by atoms with Crippen LogP contribution in [0.15, 0.2) is 76.1 Å². The van der Waals surface area contributed by atoms with Crippen molar-refractivity contribution in [3.8, 4) is 11.3 Å². The molecule has 2 N–H and O–H groups in total. The third-order valence-corrected chi connectivity index (χ3v) is 4.15. The molecule has 0 atom stereocenters. The summed E-state index contributed by atoms with van der Waals surface area (Å²) in [6.07, 6.45) is 1.76. The Hall–Kier alpha value is -3.87. The van der Waals surface area contributed by atoms with E-state index < -0.39 is 5.76 Å². The molecule has 0 saturated heterocycles. The average Bonchev–Trinajstić information content (AvgIpc) is 3.24. The van der Waals surface area contributed by atoms with Crippen molar-refractivity contribution in [3.63, 3.8) is 0 Å². The molecule has 0 aliphatic heterocycles. The van der Waals surface area contributed by atoms with Gasteiger partial charge in [-0.1, -0.05) is 30.3 Å². The van der Waals surface area contributed by atoms with E-state index in [4.69, 9.17) is 4.42 Å². The summed E-state index contributed by atoms with van der Waals surface area (Å²) in [5.74, 6) is -0.0298. The minimum Gasteiger partial charge on any atom is -0.408 e. The maximum Gasteiger partial charge on any atom is 0.417 e. The van der Waals surface area contributed by atoms with Crippen LogP contribution < -0.4 is 11.1 Å². The van der Waals surface area contributed by atoms with Crippen LogP contribution >= 0.6 is 0 Å². The number of oxazole rings is 1. The second-order valence-corrected chi connectivity index (χ2v) is 5.85. The van der Waals surface area contributed by atoms with Gasteiger partial charge in [0.1, 0.15) is 0 Å². The summed E-state index contributed by atoms with van der Waals surface area (Å²) in [5, 5.41) is 7.73. The van der Waals surface area contributed by atoms with Crippen LogP contribution in [-0.2, 0) is 0 Å². The second kappa shape index (κ2) is 5.59. The van der Waals surface area contributed by atoms with Crippen molar-refractivity contribution in [1.82, 2.24) is 19.6 Å². The first kappa shape index (κ1) is 14.5. The molecule has 0 saturated carbocycles. The molecule has 0 aliphatic rings. The molecule has 0 bridgehead atoms. The summed E-state index contributed by atoms with van der Waals surface area (Å²) in [6, 6.07) is 19.4. The third-order valence-electron chi connectivity index (χ3n) is 4.15. The number of nitrogens with zero attached hydrogens (tertiary/aromatic N) is 3. The van der Waals surface area contributed by atoms with Gasteiger partial charge in [0.05, 0.1) is 22.9 Å². The van der Waals surface area contributed by atoms with Crippen LogP contribution in [0.5, 0.6) is 0 Å². The van der Waals surface area contributed by atoms with Gasteiger partial charge < -0.3 is 9.73 Å². The molecule has 26 heavy (non-hydrogen) atoms. The standard InChI is InChI=1S/C19H13N5O2/c25-19-22-15-8-6-13(10-17(15)26-19)21-18-20-11-14-7-9-16(24(14)23-18)12-4-2-1-3-5-12/h1-11H,(H,21,23)(H,22,25). The highest BCUT2D eigenvalue weighted by molar-refractivity contribution is 5.77. The fourth-order valence-electron chi connectivity index (χ4n) is 2.94. The lowest BCUT2D eigenvalue weighted by atomic mass is 10.2. The van der Waals surface area contributed by atoms with Gasteiger partial charge in [0.25, 0.3) is 0 Å². The molecule has 5 aromatic rings. The summed E-state index contributed by atoms with van der Waals surface area (Å²) in [4.78, 5) is 18.2. The van der Waals surface area contributed by atoms with Gasteiger partial charge in [-0.2, -0.15) is 0 Å². The quantitative estimate of drug-likeness (QED) is 0.523. The molecule has 0 unspecified atom stereocenters. The van der Waals surface area contributed by atoms with Gasteiger partial charge >= 0.3 is 5.76 Å². The van der Waals surface area contributed by atoms with Gasteiger partial charge in [0, 0.05) is 17.3 Å². The van der Waals surface area contributed by atoms with Gasteiger partial charge in [-0.3, -0.25) is 4.98 Å². The van der Waals surface area contributed by atoms with Crippen molar-refractivity contribution >= 4 is 28.3 Å². The SMILES string of the molecule is O=c1[nH]c2ccc(Nc3ncc4ccc(-c5ccccc5)n4n3)cc2o1. The van der Waals surface area contributed by atoms with E-state index >= 15 is 0 Å². The maximum absolute atomic E-state index is 11.3. The van der Waals surface area contributed by atoms with E-state index in [1.807, 2.05) is 53.0 Å². The van der Waals surface area contributed by atoms with E-state index in [2.05, 4.69) is 20.4 Å². The lowest BCUT2D eigenvalue weighted by molar-refractivity contribution is 0.555. The number of aromatic nitrogens is 4. The van der Waals surface area contributed by atoms with Crippen LogP contribution in [0.3, 0.4) is 0 Å². The minimum atomic E-state index is -0.477. The Morgan fingerprint density at radius 2 is 1.92 bits per heavy atom. The Morgan fingerprint density at radius 1 is 1.04 bits per heavy atom. The number of H-pyrrole nitrogens is 1. The van der Waals surface area contributed by atoms with Crippen LogP contribution in [0.25, 0.3) is 27.9 Å². The van der Waals surface area contributed by atoms with Crippen LogP contribution in [-0.4, -0.2) is 19.6 Å². The number of benzene rings is 2. The van der Waals surface area contributed by atoms with Crippen LogP contribution in [0.1, 0.15) is 0 Å². The monoisotopic (exact) mass is 343 g/mol. The smallest absolute Gasteiger partial charge is 0.408 e. The molecule has 0 aliphatic carbocycles. The lowest BCUT2D eigenvalue weighted by Gasteiger charge is -2.07. The highest BCUT2D eigenvalue weighted by Gasteiger charge is 2.08. The first-order chi connectivity index (χ1) is 12.8. The molecule has 7 heteroatoms. The van der Waals surface area contributed by atoms with E-state index in [-0.39, 0.29) is 0 Å². The molecule has 126 valence electrons. The Kier molecular flexibility index (Phi) is 3.11. The molecular formula is C19H13N5O2. The normalized spacial score (nSPS) is 11.2. The van der Waals surface area contributed by atoms with Gasteiger partial charge in [-0.25, -0.2) is 14.3 Å². The predicted octanol–water partition coefficient (Wildman–Crippen LogP) is 3.57. The zero-order valence-electron chi connectivity index (χ0n) is 13.5. The van der Waals surface area contributed by atoms with Gasteiger partial charge in [0.15, 0.2) is 5.58 Å². The van der Waals surface area contributed by atoms with E-state index in [1.54, 1.807) is 18.3 Å². The highest BCUT2D eigenvalue weighted by atomic mass is 16.4. The fraction of sp³-hybridized carbons (Fsp3) is 0. The molecular weight excluding hydrogens is 330 g/mol. The molecule has 5 rings (SSSR count). The van der Waals surface area contributed by atoms with Gasteiger partial charge in [0.2, 0.25) is 5.95 Å². The van der Waals surface area contributed by atoms with Crippen LogP contribution in [0.4, 0.5) is 11.6 Å². The number of fused-ring (bicyclic) bond motifs is 2.